The van der Waals surface area contributed by atoms with E-state index in [9.17, 15) is 4.79 Å². The first-order chi connectivity index (χ1) is 11.6. The molecule has 0 spiro atoms. The first kappa shape index (κ1) is 17.2. The predicted octanol–water partition coefficient (Wildman–Crippen LogP) is 2.52. The maximum Gasteiger partial charge on any atom is 0.255 e. The molecule has 6 heteroatoms. The van der Waals surface area contributed by atoms with Crippen LogP contribution in [-0.4, -0.2) is 54.4 Å². The Morgan fingerprint density at radius 2 is 2.04 bits per heavy atom. The monoisotopic (exact) mass is 333 g/mol. The molecule has 6 nitrogen and oxygen atoms in total. The van der Waals surface area contributed by atoms with E-state index in [0.29, 0.717) is 31.2 Å². The van der Waals surface area contributed by atoms with Gasteiger partial charge in [-0.1, -0.05) is 6.92 Å². The summed E-state index contributed by atoms with van der Waals surface area (Å²) in [5, 5.41) is 3.25. The van der Waals surface area contributed by atoms with Gasteiger partial charge in [0.2, 0.25) is 0 Å². The number of ether oxygens (including phenoxy) is 2. The summed E-state index contributed by atoms with van der Waals surface area (Å²) >= 11 is 0. The van der Waals surface area contributed by atoms with Gasteiger partial charge in [0, 0.05) is 32.3 Å². The lowest BCUT2D eigenvalue weighted by Gasteiger charge is -2.30. The number of carbonyl (C=O) groups is 1. The summed E-state index contributed by atoms with van der Waals surface area (Å²) < 4.78 is 11.1. The highest BCUT2D eigenvalue weighted by molar-refractivity contribution is 5.94. The number of hydrogen-bond donors (Lipinski definition) is 1. The highest BCUT2D eigenvalue weighted by Gasteiger charge is 2.30. The molecule has 0 radical (unpaired) electrons. The quantitative estimate of drug-likeness (QED) is 0.897. The minimum atomic E-state index is -0.492. The number of likely N-dealkylation sites (tertiary alicyclic amines) is 1. The molecule has 0 saturated carbocycles. The van der Waals surface area contributed by atoms with E-state index in [2.05, 4.69) is 17.2 Å². The van der Waals surface area contributed by atoms with Crippen molar-refractivity contribution in [2.75, 3.05) is 38.2 Å². The van der Waals surface area contributed by atoms with E-state index >= 15 is 0 Å². The molecule has 2 aliphatic rings. The van der Waals surface area contributed by atoms with Crippen LogP contribution >= 0.6 is 0 Å². The fourth-order valence-corrected chi connectivity index (χ4v) is 3.14. The van der Waals surface area contributed by atoms with Crippen molar-refractivity contribution in [1.82, 2.24) is 9.88 Å². The van der Waals surface area contributed by atoms with Gasteiger partial charge in [-0.3, -0.25) is 4.79 Å². The number of hydrogen-bond acceptors (Lipinski definition) is 5. The highest BCUT2D eigenvalue weighted by Crippen LogP contribution is 2.22. The van der Waals surface area contributed by atoms with Gasteiger partial charge in [0.05, 0.1) is 18.8 Å². The van der Waals surface area contributed by atoms with Crippen molar-refractivity contribution < 1.29 is 14.3 Å². The van der Waals surface area contributed by atoms with E-state index in [1.165, 1.54) is 0 Å². The second-order valence-electron chi connectivity index (χ2n) is 6.91. The lowest BCUT2D eigenvalue weighted by Crippen LogP contribution is -2.37. The Kier molecular flexibility index (Phi) is 5.36. The van der Waals surface area contributed by atoms with Crippen LogP contribution in [0.4, 0.5) is 5.82 Å². The molecule has 132 valence electrons. The minimum Gasteiger partial charge on any atom is -0.370 e. The SMILES string of the molecule is CC1CCN(C(=O)c2ccc(NCCC3(C)OCCO3)nc2)CC1. The Morgan fingerprint density at radius 3 is 2.67 bits per heavy atom. The number of pyridine rings is 1. The number of anilines is 1. The van der Waals surface area contributed by atoms with Gasteiger partial charge in [0.1, 0.15) is 5.82 Å². The van der Waals surface area contributed by atoms with Crippen LogP contribution < -0.4 is 5.32 Å². The van der Waals surface area contributed by atoms with E-state index in [1.54, 1.807) is 6.20 Å². The molecule has 0 aliphatic carbocycles. The molecule has 3 heterocycles. The van der Waals surface area contributed by atoms with Gasteiger partial charge in [-0.25, -0.2) is 4.98 Å². The van der Waals surface area contributed by atoms with Gasteiger partial charge in [-0.05, 0) is 37.8 Å². The van der Waals surface area contributed by atoms with Gasteiger partial charge < -0.3 is 19.7 Å². The van der Waals surface area contributed by atoms with Crippen LogP contribution in [0.2, 0.25) is 0 Å². The van der Waals surface area contributed by atoms with Crippen LogP contribution in [0.1, 0.15) is 43.5 Å². The Bertz CT molecular complexity index is 547. The van der Waals surface area contributed by atoms with E-state index in [0.717, 1.165) is 38.2 Å². The molecule has 2 fully saturated rings. The summed E-state index contributed by atoms with van der Waals surface area (Å²) in [5.41, 5.74) is 0.657. The van der Waals surface area contributed by atoms with Crippen molar-refractivity contribution in [3.05, 3.63) is 23.9 Å². The van der Waals surface area contributed by atoms with Gasteiger partial charge in [0.15, 0.2) is 5.79 Å². The molecule has 1 amide bonds. The number of nitrogens with zero attached hydrogens (tertiary/aromatic N) is 2. The summed E-state index contributed by atoms with van der Waals surface area (Å²) in [6.07, 6.45) is 4.58. The second kappa shape index (κ2) is 7.49. The highest BCUT2D eigenvalue weighted by atomic mass is 16.7. The third-order valence-corrected chi connectivity index (χ3v) is 4.86. The largest absolute Gasteiger partial charge is 0.370 e. The Labute approximate surface area is 143 Å². The van der Waals surface area contributed by atoms with Crippen molar-refractivity contribution in [3.8, 4) is 0 Å². The number of carbonyl (C=O) groups excluding carboxylic acids is 1. The molecule has 2 aliphatic heterocycles. The normalized spacial score (nSPS) is 21.0. The van der Waals surface area contributed by atoms with Crippen LogP contribution in [-0.2, 0) is 9.47 Å². The Morgan fingerprint density at radius 1 is 1.33 bits per heavy atom. The standard InChI is InChI=1S/C18H27N3O3/c1-14-5-9-21(10-6-14)17(22)15-3-4-16(20-13-15)19-8-7-18(2)23-11-12-24-18/h3-4,13-14H,5-12H2,1-2H3,(H,19,20). The smallest absolute Gasteiger partial charge is 0.255 e. The molecule has 1 aromatic rings. The fourth-order valence-electron chi connectivity index (χ4n) is 3.14. The van der Waals surface area contributed by atoms with Gasteiger partial charge >= 0.3 is 0 Å². The van der Waals surface area contributed by atoms with Crippen LogP contribution in [0.3, 0.4) is 0 Å². The molecular weight excluding hydrogens is 306 g/mol. The van der Waals surface area contributed by atoms with Crippen LogP contribution in [0.25, 0.3) is 0 Å². The van der Waals surface area contributed by atoms with Crippen molar-refractivity contribution in [2.45, 2.75) is 38.9 Å². The van der Waals surface area contributed by atoms with E-state index in [4.69, 9.17) is 9.47 Å². The topological polar surface area (TPSA) is 63.7 Å². The van der Waals surface area contributed by atoms with Gasteiger partial charge in [-0.15, -0.1) is 0 Å². The zero-order valence-electron chi connectivity index (χ0n) is 14.6. The van der Waals surface area contributed by atoms with Crippen molar-refractivity contribution in [1.29, 1.82) is 0 Å². The summed E-state index contributed by atoms with van der Waals surface area (Å²) in [6.45, 7) is 7.90. The molecule has 1 aromatic heterocycles. The fraction of sp³-hybridized carbons (Fsp3) is 0.667. The average molecular weight is 333 g/mol. The van der Waals surface area contributed by atoms with E-state index < -0.39 is 5.79 Å². The van der Waals surface area contributed by atoms with Gasteiger partial charge in [-0.2, -0.15) is 0 Å². The predicted molar refractivity (Wildman–Crippen MR) is 92.0 cm³/mol. The minimum absolute atomic E-state index is 0.0845. The van der Waals surface area contributed by atoms with Crippen molar-refractivity contribution in [3.63, 3.8) is 0 Å². The summed E-state index contributed by atoms with van der Waals surface area (Å²) in [5.74, 6) is 1.07. The number of aromatic nitrogens is 1. The van der Waals surface area contributed by atoms with E-state index in [1.807, 2.05) is 24.0 Å². The second-order valence-corrected chi connectivity index (χ2v) is 6.91. The molecule has 24 heavy (non-hydrogen) atoms. The average Bonchev–Trinajstić information content (AvgIpc) is 3.02. The molecule has 2 saturated heterocycles. The number of piperidine rings is 1. The maximum absolute atomic E-state index is 12.5. The first-order valence-electron chi connectivity index (χ1n) is 8.83. The summed E-state index contributed by atoms with van der Waals surface area (Å²) in [6, 6.07) is 3.71. The molecular formula is C18H27N3O3. The maximum atomic E-state index is 12.5. The molecule has 3 rings (SSSR count). The summed E-state index contributed by atoms with van der Waals surface area (Å²) in [4.78, 5) is 18.8. The molecule has 0 atom stereocenters. The lowest BCUT2D eigenvalue weighted by molar-refractivity contribution is -0.144. The number of rotatable bonds is 5. The van der Waals surface area contributed by atoms with Crippen LogP contribution in [0.15, 0.2) is 18.3 Å². The Balaban J connectivity index is 1.48. The summed E-state index contributed by atoms with van der Waals surface area (Å²) in [7, 11) is 0. The third-order valence-electron chi connectivity index (χ3n) is 4.86. The van der Waals surface area contributed by atoms with E-state index in [-0.39, 0.29) is 5.91 Å². The zero-order chi connectivity index (χ0) is 17.0. The molecule has 0 bridgehead atoms. The van der Waals surface area contributed by atoms with Crippen molar-refractivity contribution in [2.24, 2.45) is 5.92 Å². The third kappa shape index (κ3) is 4.24. The lowest BCUT2D eigenvalue weighted by atomic mass is 9.99. The number of nitrogens with one attached hydrogen (secondary N) is 1. The molecule has 1 N–H and O–H groups in total. The molecule has 0 unspecified atom stereocenters. The number of amides is 1. The van der Waals surface area contributed by atoms with Gasteiger partial charge in [0.25, 0.3) is 5.91 Å². The Hall–Kier alpha value is -1.66. The zero-order valence-corrected chi connectivity index (χ0v) is 14.6. The van der Waals surface area contributed by atoms with Crippen LogP contribution in [0, 0.1) is 5.92 Å². The van der Waals surface area contributed by atoms with Crippen LogP contribution in [0.5, 0.6) is 0 Å². The van der Waals surface area contributed by atoms with Crippen molar-refractivity contribution >= 4 is 11.7 Å². The molecule has 0 aromatic carbocycles. The first-order valence-corrected chi connectivity index (χ1v) is 8.83.